The SMILES string of the molecule is CC1CC(NS(=O)(=O)c2c[nH]ccc2=O)CCN1C. The Morgan fingerprint density at radius 2 is 2.21 bits per heavy atom. The number of aromatic nitrogens is 1. The predicted octanol–water partition coefficient (Wildman–Crippen LogP) is 0.136. The minimum Gasteiger partial charge on any atom is -0.366 e. The Hall–Kier alpha value is -1.18. The summed E-state index contributed by atoms with van der Waals surface area (Å²) < 4.78 is 27.0. The number of nitrogens with zero attached hydrogens (tertiary/aromatic N) is 1. The van der Waals surface area contributed by atoms with E-state index in [1.54, 1.807) is 0 Å². The summed E-state index contributed by atoms with van der Waals surface area (Å²) >= 11 is 0. The summed E-state index contributed by atoms with van der Waals surface area (Å²) in [6, 6.07) is 1.43. The monoisotopic (exact) mass is 285 g/mol. The summed E-state index contributed by atoms with van der Waals surface area (Å²) in [6.45, 7) is 2.91. The molecule has 0 saturated carbocycles. The maximum atomic E-state index is 12.2. The molecule has 6 nitrogen and oxygen atoms in total. The van der Waals surface area contributed by atoms with E-state index in [2.05, 4.69) is 21.5 Å². The first-order valence-corrected chi connectivity index (χ1v) is 7.78. The van der Waals surface area contributed by atoms with Gasteiger partial charge in [0.15, 0.2) is 0 Å². The van der Waals surface area contributed by atoms with Gasteiger partial charge >= 0.3 is 0 Å². The summed E-state index contributed by atoms with van der Waals surface area (Å²) in [5, 5.41) is 0. The normalized spacial score (nSPS) is 25.4. The lowest BCUT2D eigenvalue weighted by atomic mass is 10.0. The second-order valence-corrected chi connectivity index (χ2v) is 6.73. The van der Waals surface area contributed by atoms with E-state index in [-0.39, 0.29) is 10.9 Å². The third-order valence-electron chi connectivity index (χ3n) is 3.61. The second kappa shape index (κ2) is 5.44. The van der Waals surface area contributed by atoms with Crippen LogP contribution in [0.3, 0.4) is 0 Å². The van der Waals surface area contributed by atoms with Crippen LogP contribution in [0, 0.1) is 0 Å². The third-order valence-corrected chi connectivity index (χ3v) is 5.15. The van der Waals surface area contributed by atoms with Crippen molar-refractivity contribution < 1.29 is 8.42 Å². The number of pyridine rings is 1. The predicted molar refractivity (Wildman–Crippen MR) is 72.5 cm³/mol. The lowest BCUT2D eigenvalue weighted by molar-refractivity contribution is 0.178. The number of piperidine rings is 1. The summed E-state index contributed by atoms with van der Waals surface area (Å²) in [5.41, 5.74) is -0.493. The highest BCUT2D eigenvalue weighted by atomic mass is 32.2. The van der Waals surface area contributed by atoms with Crippen LogP contribution in [0.4, 0.5) is 0 Å². The molecular formula is C12H19N3O3S. The second-order valence-electron chi connectivity index (χ2n) is 5.05. The molecule has 1 aromatic rings. The van der Waals surface area contributed by atoms with Crippen LogP contribution in [-0.4, -0.2) is 44.0 Å². The van der Waals surface area contributed by atoms with E-state index < -0.39 is 15.5 Å². The zero-order valence-corrected chi connectivity index (χ0v) is 11.9. The molecule has 0 spiro atoms. The molecule has 2 rings (SSSR count). The van der Waals surface area contributed by atoms with Crippen molar-refractivity contribution in [3.63, 3.8) is 0 Å². The molecule has 2 heterocycles. The number of hydrogen-bond donors (Lipinski definition) is 2. The summed E-state index contributed by atoms with van der Waals surface area (Å²) in [5.74, 6) is 0. The first kappa shape index (κ1) is 14.2. The van der Waals surface area contributed by atoms with Gasteiger partial charge in [0.1, 0.15) is 4.90 Å². The van der Waals surface area contributed by atoms with Gasteiger partial charge < -0.3 is 9.88 Å². The number of aromatic amines is 1. The summed E-state index contributed by atoms with van der Waals surface area (Å²) in [7, 11) is -1.72. The van der Waals surface area contributed by atoms with Crippen molar-refractivity contribution >= 4 is 10.0 Å². The Balaban J connectivity index is 2.15. The molecule has 2 unspecified atom stereocenters. The van der Waals surface area contributed by atoms with Gasteiger partial charge in [-0.15, -0.1) is 0 Å². The van der Waals surface area contributed by atoms with Gasteiger partial charge in [-0.05, 0) is 33.4 Å². The number of hydrogen-bond acceptors (Lipinski definition) is 4. The highest BCUT2D eigenvalue weighted by molar-refractivity contribution is 7.89. The van der Waals surface area contributed by atoms with Crippen molar-refractivity contribution in [2.24, 2.45) is 0 Å². The number of rotatable bonds is 3. The van der Waals surface area contributed by atoms with Crippen molar-refractivity contribution in [1.82, 2.24) is 14.6 Å². The maximum absolute atomic E-state index is 12.2. The van der Waals surface area contributed by atoms with Crippen LogP contribution in [0.2, 0.25) is 0 Å². The lowest BCUT2D eigenvalue weighted by Gasteiger charge is -2.35. The number of nitrogens with one attached hydrogen (secondary N) is 2. The molecule has 1 saturated heterocycles. The van der Waals surface area contributed by atoms with Gasteiger partial charge in [0.2, 0.25) is 15.5 Å². The molecule has 0 aromatic carbocycles. The van der Waals surface area contributed by atoms with Crippen molar-refractivity contribution in [3.8, 4) is 0 Å². The van der Waals surface area contributed by atoms with E-state index in [1.165, 1.54) is 18.5 Å². The first-order valence-electron chi connectivity index (χ1n) is 6.30. The van der Waals surface area contributed by atoms with Crippen molar-refractivity contribution in [3.05, 3.63) is 28.7 Å². The Morgan fingerprint density at radius 3 is 2.84 bits per heavy atom. The Kier molecular flexibility index (Phi) is 4.07. The van der Waals surface area contributed by atoms with Gasteiger partial charge in [-0.25, -0.2) is 13.1 Å². The molecule has 1 fully saturated rings. The fourth-order valence-electron chi connectivity index (χ4n) is 2.29. The minimum absolute atomic E-state index is 0.115. The molecule has 0 aliphatic carbocycles. The quantitative estimate of drug-likeness (QED) is 0.827. The maximum Gasteiger partial charge on any atom is 0.246 e. The highest BCUT2D eigenvalue weighted by Crippen LogP contribution is 2.17. The Bertz CT molecular complexity index is 596. The Morgan fingerprint density at radius 1 is 1.47 bits per heavy atom. The molecule has 0 radical (unpaired) electrons. The summed E-state index contributed by atoms with van der Waals surface area (Å²) in [4.78, 5) is 16.2. The zero-order chi connectivity index (χ0) is 14.0. The average molecular weight is 285 g/mol. The largest absolute Gasteiger partial charge is 0.366 e. The van der Waals surface area contributed by atoms with Crippen LogP contribution in [0.25, 0.3) is 0 Å². The van der Waals surface area contributed by atoms with Gasteiger partial charge in [-0.3, -0.25) is 4.79 Å². The van der Waals surface area contributed by atoms with Gasteiger partial charge in [0.25, 0.3) is 0 Å². The molecule has 0 bridgehead atoms. The molecule has 0 amide bonds. The van der Waals surface area contributed by atoms with Gasteiger partial charge in [0, 0.05) is 30.5 Å². The van der Waals surface area contributed by atoms with Crippen molar-refractivity contribution in [1.29, 1.82) is 0 Å². The zero-order valence-electron chi connectivity index (χ0n) is 11.1. The van der Waals surface area contributed by atoms with Crippen LogP contribution in [0.15, 0.2) is 28.2 Å². The van der Waals surface area contributed by atoms with Crippen LogP contribution < -0.4 is 10.2 Å². The van der Waals surface area contributed by atoms with Crippen LogP contribution >= 0.6 is 0 Å². The number of H-pyrrole nitrogens is 1. The smallest absolute Gasteiger partial charge is 0.246 e. The van der Waals surface area contributed by atoms with E-state index >= 15 is 0 Å². The van der Waals surface area contributed by atoms with Gasteiger partial charge in [-0.2, -0.15) is 0 Å². The molecule has 1 aromatic heterocycles. The molecular weight excluding hydrogens is 266 g/mol. The molecule has 2 N–H and O–H groups in total. The molecule has 106 valence electrons. The van der Waals surface area contributed by atoms with Crippen molar-refractivity contribution in [2.45, 2.75) is 36.7 Å². The molecule has 7 heteroatoms. The number of likely N-dealkylation sites (tertiary alicyclic amines) is 1. The van der Waals surface area contributed by atoms with E-state index in [9.17, 15) is 13.2 Å². The molecule has 1 aliphatic rings. The van der Waals surface area contributed by atoms with E-state index in [0.717, 1.165) is 19.4 Å². The first-order chi connectivity index (χ1) is 8.90. The fraction of sp³-hybridized carbons (Fsp3) is 0.583. The molecule has 2 atom stereocenters. The van der Waals surface area contributed by atoms with Crippen LogP contribution in [0.1, 0.15) is 19.8 Å². The third kappa shape index (κ3) is 3.23. The lowest BCUT2D eigenvalue weighted by Crippen LogP contribution is -2.47. The molecule has 1 aliphatic heterocycles. The Labute approximate surface area is 112 Å². The summed E-state index contributed by atoms with van der Waals surface area (Å²) in [6.07, 6.45) is 4.15. The molecule has 19 heavy (non-hydrogen) atoms. The highest BCUT2D eigenvalue weighted by Gasteiger charge is 2.28. The van der Waals surface area contributed by atoms with Gasteiger partial charge in [-0.1, -0.05) is 0 Å². The van der Waals surface area contributed by atoms with Gasteiger partial charge in [0.05, 0.1) is 0 Å². The number of sulfonamides is 1. The van der Waals surface area contributed by atoms with E-state index in [4.69, 9.17) is 0 Å². The van der Waals surface area contributed by atoms with E-state index in [0.29, 0.717) is 6.04 Å². The fourth-order valence-corrected chi connectivity index (χ4v) is 3.63. The minimum atomic E-state index is -3.74. The van der Waals surface area contributed by atoms with Crippen LogP contribution in [0.5, 0.6) is 0 Å². The van der Waals surface area contributed by atoms with Crippen molar-refractivity contribution in [2.75, 3.05) is 13.6 Å². The average Bonchev–Trinajstić information content (AvgIpc) is 2.34. The van der Waals surface area contributed by atoms with Crippen LogP contribution in [-0.2, 0) is 10.0 Å². The topological polar surface area (TPSA) is 82.3 Å². The standard InChI is InChI=1S/C12H19N3O3S/c1-9-7-10(4-6-15(9)2)14-19(17,18)12-8-13-5-3-11(12)16/h3,5,8-10,14H,4,6-7H2,1-2H3,(H,13,16). The van der Waals surface area contributed by atoms with E-state index in [1.807, 2.05) is 7.05 Å².